The fraction of sp³-hybridized carbons (Fsp3) is 0.105. The highest BCUT2D eigenvalue weighted by atomic mass is 32.1. The van der Waals surface area contributed by atoms with Gasteiger partial charge in [-0.15, -0.1) is 11.3 Å². The average Bonchev–Trinajstić information content (AvgIpc) is 3.35. The zero-order chi connectivity index (χ0) is 17.4. The summed E-state index contributed by atoms with van der Waals surface area (Å²) in [6, 6.07) is 11.5. The fourth-order valence-corrected chi connectivity index (χ4v) is 3.56. The minimum atomic E-state index is -0.165. The highest BCUT2D eigenvalue weighted by Gasteiger charge is 2.26. The molecule has 3 aromatic rings. The summed E-state index contributed by atoms with van der Waals surface area (Å²) in [5.41, 5.74) is 4.00. The molecule has 5 nitrogen and oxygen atoms in total. The van der Waals surface area contributed by atoms with Crippen LogP contribution in [0.3, 0.4) is 0 Å². The van der Waals surface area contributed by atoms with E-state index in [0.29, 0.717) is 16.3 Å². The van der Waals surface area contributed by atoms with E-state index >= 15 is 0 Å². The predicted octanol–water partition coefficient (Wildman–Crippen LogP) is 4.52. The number of fused-ring (bicyclic) bond motifs is 1. The summed E-state index contributed by atoms with van der Waals surface area (Å²) >= 11 is 1.41. The zero-order valence-electron chi connectivity index (χ0n) is 13.3. The van der Waals surface area contributed by atoms with E-state index < -0.39 is 0 Å². The smallest absolute Gasteiger partial charge is 0.231 e. The third kappa shape index (κ3) is 2.75. The number of nitrogens with one attached hydrogen (secondary N) is 1. The molecular formula is C19H13N3O2S. The van der Waals surface area contributed by atoms with Crippen molar-refractivity contribution in [2.45, 2.75) is 12.8 Å². The molecule has 1 unspecified atom stereocenters. The van der Waals surface area contributed by atoms with Crippen LogP contribution in [0.1, 0.15) is 29.2 Å². The van der Waals surface area contributed by atoms with E-state index in [1.165, 1.54) is 11.3 Å². The normalized spacial score (nSPS) is 16.4. The van der Waals surface area contributed by atoms with Crippen molar-refractivity contribution in [1.29, 1.82) is 5.26 Å². The Hall–Kier alpha value is -3.17. The average molecular weight is 347 g/mol. The van der Waals surface area contributed by atoms with Gasteiger partial charge in [-0.2, -0.15) is 5.26 Å². The van der Waals surface area contributed by atoms with Crippen LogP contribution in [0.2, 0.25) is 0 Å². The number of nitriles is 1. The largest absolute Gasteiger partial charge is 0.465 e. The monoisotopic (exact) mass is 347 g/mol. The third-order valence-electron chi connectivity index (χ3n) is 4.15. The Bertz CT molecular complexity index is 1030. The van der Waals surface area contributed by atoms with E-state index in [0.717, 1.165) is 22.5 Å². The van der Waals surface area contributed by atoms with Gasteiger partial charge in [0.15, 0.2) is 0 Å². The molecule has 0 fully saturated rings. The maximum Gasteiger partial charge on any atom is 0.231 e. The van der Waals surface area contributed by atoms with Gasteiger partial charge in [0.25, 0.3) is 0 Å². The first-order valence-electron chi connectivity index (χ1n) is 7.72. The van der Waals surface area contributed by atoms with Crippen molar-refractivity contribution in [3.63, 3.8) is 0 Å². The Morgan fingerprint density at radius 3 is 3.08 bits per heavy atom. The van der Waals surface area contributed by atoms with Crippen molar-refractivity contribution in [3.8, 4) is 17.3 Å². The van der Waals surface area contributed by atoms with Gasteiger partial charge in [0, 0.05) is 22.7 Å². The molecule has 1 atom stereocenters. The summed E-state index contributed by atoms with van der Waals surface area (Å²) < 4.78 is 5.26. The van der Waals surface area contributed by atoms with Crippen molar-refractivity contribution in [2.24, 2.45) is 0 Å². The Balaban J connectivity index is 1.69. The molecule has 0 saturated heterocycles. The van der Waals surface area contributed by atoms with Crippen LogP contribution in [-0.2, 0) is 4.79 Å². The molecule has 4 rings (SSSR count). The molecule has 0 radical (unpaired) electrons. The van der Waals surface area contributed by atoms with Crippen LogP contribution >= 0.6 is 11.3 Å². The second-order valence-corrected chi connectivity index (χ2v) is 6.59. The Morgan fingerprint density at radius 1 is 1.44 bits per heavy atom. The topological polar surface area (TPSA) is 78.9 Å². The van der Waals surface area contributed by atoms with Crippen molar-refractivity contribution in [1.82, 2.24) is 4.98 Å². The van der Waals surface area contributed by atoms with Crippen LogP contribution in [-0.4, -0.2) is 10.9 Å². The SMILES string of the molecule is CC1C(=O)Nc2ccc(-c3csc(/C(C#N)=C/c4ccco4)n3)cc21. The first-order valence-corrected chi connectivity index (χ1v) is 8.60. The van der Waals surface area contributed by atoms with Crippen molar-refractivity contribution in [2.75, 3.05) is 5.32 Å². The maximum atomic E-state index is 11.8. The lowest BCUT2D eigenvalue weighted by Gasteiger charge is -2.03. The molecule has 6 heteroatoms. The third-order valence-corrected chi connectivity index (χ3v) is 5.03. The standard InChI is InChI=1S/C19H13N3O2S/c1-11-15-8-12(4-5-16(15)21-18(11)23)17-10-25-19(22-17)13(9-20)7-14-3-2-6-24-14/h2-8,10-11H,1H3,(H,21,23)/b13-7+. The molecule has 25 heavy (non-hydrogen) atoms. The zero-order valence-corrected chi connectivity index (χ0v) is 14.1. The van der Waals surface area contributed by atoms with Gasteiger partial charge in [-0.3, -0.25) is 4.79 Å². The highest BCUT2D eigenvalue weighted by Crippen LogP contribution is 2.36. The second kappa shape index (κ2) is 6.04. The molecule has 3 heterocycles. The van der Waals surface area contributed by atoms with Crippen LogP contribution < -0.4 is 5.32 Å². The molecule has 0 spiro atoms. The molecule has 1 aliphatic heterocycles. The van der Waals surface area contributed by atoms with Crippen LogP contribution in [0.5, 0.6) is 0 Å². The van der Waals surface area contributed by atoms with Gasteiger partial charge >= 0.3 is 0 Å². The van der Waals surface area contributed by atoms with E-state index in [1.807, 2.05) is 30.5 Å². The number of anilines is 1. The van der Waals surface area contributed by atoms with Crippen molar-refractivity contribution >= 4 is 34.6 Å². The Labute approximate surface area is 148 Å². The van der Waals surface area contributed by atoms with Crippen LogP contribution in [0.15, 0.2) is 46.4 Å². The molecule has 0 aliphatic carbocycles. The number of carbonyl (C=O) groups is 1. The number of hydrogen-bond acceptors (Lipinski definition) is 5. The quantitative estimate of drug-likeness (QED) is 0.706. The maximum absolute atomic E-state index is 11.8. The highest BCUT2D eigenvalue weighted by molar-refractivity contribution is 7.11. The summed E-state index contributed by atoms with van der Waals surface area (Å²) in [6.07, 6.45) is 3.24. The molecular weight excluding hydrogens is 334 g/mol. The van der Waals surface area contributed by atoms with Gasteiger partial charge in [0.1, 0.15) is 16.8 Å². The summed E-state index contributed by atoms with van der Waals surface area (Å²) in [7, 11) is 0. The first kappa shape index (κ1) is 15.4. The van der Waals surface area contributed by atoms with Gasteiger partial charge in [0.05, 0.1) is 23.4 Å². The van der Waals surface area contributed by atoms with Gasteiger partial charge in [0.2, 0.25) is 5.91 Å². The first-order chi connectivity index (χ1) is 12.2. The van der Waals surface area contributed by atoms with Gasteiger partial charge in [-0.1, -0.05) is 6.07 Å². The summed E-state index contributed by atoms with van der Waals surface area (Å²) in [5, 5.41) is 14.8. The van der Waals surface area contributed by atoms with Crippen molar-refractivity contribution in [3.05, 3.63) is 58.3 Å². The van der Waals surface area contributed by atoms with Gasteiger partial charge < -0.3 is 9.73 Å². The van der Waals surface area contributed by atoms with Gasteiger partial charge in [-0.05, 0) is 36.8 Å². The molecule has 1 N–H and O–H groups in total. The number of nitrogens with zero attached hydrogens (tertiary/aromatic N) is 2. The molecule has 1 aliphatic rings. The second-order valence-electron chi connectivity index (χ2n) is 5.74. The summed E-state index contributed by atoms with van der Waals surface area (Å²) in [5.74, 6) is 0.463. The minimum absolute atomic E-state index is 0.0132. The van der Waals surface area contributed by atoms with E-state index in [9.17, 15) is 10.1 Å². The van der Waals surface area contributed by atoms with Crippen molar-refractivity contribution < 1.29 is 9.21 Å². The number of benzene rings is 1. The van der Waals surface area contributed by atoms with E-state index in [4.69, 9.17) is 4.42 Å². The number of thiazole rings is 1. The number of rotatable bonds is 3. The number of carbonyl (C=O) groups excluding carboxylic acids is 1. The Morgan fingerprint density at radius 2 is 2.32 bits per heavy atom. The van der Waals surface area contributed by atoms with E-state index in [1.54, 1.807) is 24.5 Å². The molecule has 0 bridgehead atoms. The number of amides is 1. The van der Waals surface area contributed by atoms with Gasteiger partial charge in [-0.25, -0.2) is 4.98 Å². The van der Waals surface area contributed by atoms with E-state index in [-0.39, 0.29) is 11.8 Å². The summed E-state index contributed by atoms with van der Waals surface area (Å²) in [6.45, 7) is 1.89. The molecule has 0 saturated carbocycles. The lowest BCUT2D eigenvalue weighted by molar-refractivity contribution is -0.116. The molecule has 2 aromatic heterocycles. The van der Waals surface area contributed by atoms with Crippen LogP contribution in [0, 0.1) is 11.3 Å². The number of furan rings is 1. The molecule has 1 amide bonds. The molecule has 1 aromatic carbocycles. The molecule has 122 valence electrons. The number of hydrogen-bond donors (Lipinski definition) is 1. The van der Waals surface area contributed by atoms with Crippen LogP contribution in [0.25, 0.3) is 22.9 Å². The predicted molar refractivity (Wildman–Crippen MR) is 96.8 cm³/mol. The fourth-order valence-electron chi connectivity index (χ4n) is 2.76. The lowest BCUT2D eigenvalue weighted by Crippen LogP contribution is -2.08. The summed E-state index contributed by atoms with van der Waals surface area (Å²) in [4.78, 5) is 16.4. The number of allylic oxidation sites excluding steroid dienone is 1. The number of aromatic nitrogens is 1. The lowest BCUT2D eigenvalue weighted by atomic mass is 9.99. The van der Waals surface area contributed by atoms with Crippen LogP contribution in [0.4, 0.5) is 5.69 Å². The minimum Gasteiger partial charge on any atom is -0.465 e. The Kier molecular flexibility index (Phi) is 3.71. The van der Waals surface area contributed by atoms with E-state index in [2.05, 4.69) is 16.4 Å².